The van der Waals surface area contributed by atoms with Crippen LogP contribution in [-0.4, -0.2) is 42.0 Å². The third kappa shape index (κ3) is 5.27. The quantitative estimate of drug-likeness (QED) is 0.268. The maximum absolute atomic E-state index is 13.9. The van der Waals surface area contributed by atoms with Crippen LogP contribution in [0.5, 0.6) is 11.5 Å². The number of nitrogens with zero attached hydrogens (tertiary/aromatic N) is 4. The van der Waals surface area contributed by atoms with Gasteiger partial charge in [0.05, 0.1) is 0 Å². The Bertz CT molecular complexity index is 1510. The largest absolute Gasteiger partial charge is 0.489 e. The molecule has 0 saturated heterocycles. The lowest BCUT2D eigenvalue weighted by Gasteiger charge is -2.44. The first-order valence-electron chi connectivity index (χ1n) is 12.8. The summed E-state index contributed by atoms with van der Waals surface area (Å²) in [6.07, 6.45) is 11.0. The topological polar surface area (TPSA) is 76.4 Å². The summed E-state index contributed by atoms with van der Waals surface area (Å²) in [5.74, 6) is 0.461. The van der Waals surface area contributed by atoms with Crippen molar-refractivity contribution < 1.29 is 14.3 Å². The number of hydrogen-bond donors (Lipinski definition) is 0. The average molecular weight is 523 g/mol. The number of hydrogen-bond acceptors (Lipinski definition) is 6. The molecule has 3 heterocycles. The molecule has 1 aromatic heterocycles. The predicted octanol–water partition coefficient (Wildman–Crippen LogP) is 4.63. The van der Waals surface area contributed by atoms with Crippen LogP contribution in [0.25, 0.3) is 0 Å². The van der Waals surface area contributed by atoms with Gasteiger partial charge in [-0.1, -0.05) is 60.7 Å². The van der Waals surface area contributed by atoms with Crippen LogP contribution in [0.15, 0.2) is 113 Å². The van der Waals surface area contributed by atoms with E-state index in [1.165, 1.54) is 6.07 Å². The highest BCUT2D eigenvalue weighted by atomic mass is 16.5. The highest BCUT2D eigenvalue weighted by Crippen LogP contribution is 2.37. The monoisotopic (exact) mass is 522 g/mol. The SMILES string of the molecule is C=N/C=C\C(=C/C)[C@@H]1c2ccccc2OC/C=C\CN2CN1n1ccc(=O)c(OCc3ccccc3)c1C2=O. The van der Waals surface area contributed by atoms with Gasteiger partial charge in [-0.15, -0.1) is 0 Å². The number of carbonyl (C=O) groups excluding carboxylic acids is 1. The summed E-state index contributed by atoms with van der Waals surface area (Å²) in [6.45, 7) is 6.67. The van der Waals surface area contributed by atoms with Crippen LogP contribution < -0.4 is 19.9 Å². The third-order valence-electron chi connectivity index (χ3n) is 6.70. The number of ether oxygens (including phenoxy) is 2. The summed E-state index contributed by atoms with van der Waals surface area (Å²) in [7, 11) is 0. The van der Waals surface area contributed by atoms with Gasteiger partial charge in [0.15, 0.2) is 11.4 Å². The van der Waals surface area contributed by atoms with E-state index >= 15 is 0 Å². The van der Waals surface area contributed by atoms with Crippen molar-refractivity contribution in [2.24, 2.45) is 4.99 Å². The van der Waals surface area contributed by atoms with E-state index in [4.69, 9.17) is 9.47 Å². The summed E-state index contributed by atoms with van der Waals surface area (Å²) in [4.78, 5) is 32.6. The van der Waals surface area contributed by atoms with Gasteiger partial charge in [0.25, 0.3) is 5.91 Å². The Morgan fingerprint density at radius 2 is 1.90 bits per heavy atom. The second-order valence-corrected chi connectivity index (χ2v) is 9.09. The number of amides is 1. The Morgan fingerprint density at radius 1 is 1.10 bits per heavy atom. The molecular weight excluding hydrogens is 492 g/mol. The van der Waals surface area contributed by atoms with Gasteiger partial charge in [0, 0.05) is 30.6 Å². The Hall–Kier alpha value is -4.85. The standard InChI is InChI=1S/C31H30N4O4/c1-3-24(15-17-32-2)28-25-13-7-8-14-27(25)38-20-10-9-18-33-22-35(28)34-19-16-26(36)30(29(34)31(33)37)39-21-23-11-5-4-6-12-23/h3-17,19,28H,2,18,20-22H2,1H3/b10-9-,17-15-,24-3+/t28-/m1/s1. The zero-order valence-corrected chi connectivity index (χ0v) is 21.8. The molecule has 8 heteroatoms. The molecule has 39 heavy (non-hydrogen) atoms. The normalized spacial score (nSPS) is 18.0. The fourth-order valence-electron chi connectivity index (χ4n) is 4.83. The number of benzene rings is 2. The average Bonchev–Trinajstić information content (AvgIpc) is 2.99. The Balaban J connectivity index is 1.71. The second-order valence-electron chi connectivity index (χ2n) is 9.09. The maximum Gasteiger partial charge on any atom is 0.278 e. The van der Waals surface area contributed by atoms with E-state index < -0.39 is 0 Å². The lowest BCUT2D eigenvalue weighted by molar-refractivity contribution is 0.0698. The van der Waals surface area contributed by atoms with Crippen LogP contribution in [-0.2, 0) is 6.61 Å². The van der Waals surface area contributed by atoms with E-state index in [0.29, 0.717) is 13.2 Å². The zero-order valence-electron chi connectivity index (χ0n) is 21.8. The molecular formula is C31H30N4O4. The fourth-order valence-corrected chi connectivity index (χ4v) is 4.83. The minimum Gasteiger partial charge on any atom is -0.489 e. The Labute approximate surface area is 227 Å². The number of fused-ring (bicyclic) bond motifs is 5. The number of carbonyl (C=O) groups is 1. The van der Waals surface area contributed by atoms with Gasteiger partial charge in [-0.25, -0.2) is 0 Å². The first kappa shape index (κ1) is 25.8. The van der Waals surface area contributed by atoms with Crippen molar-refractivity contribution in [2.45, 2.75) is 19.6 Å². The molecule has 5 rings (SSSR count). The van der Waals surface area contributed by atoms with Gasteiger partial charge < -0.3 is 14.4 Å². The Morgan fingerprint density at radius 3 is 2.69 bits per heavy atom. The van der Waals surface area contributed by atoms with Crippen LogP contribution in [0.3, 0.4) is 0 Å². The molecule has 0 aliphatic carbocycles. The van der Waals surface area contributed by atoms with Crippen molar-refractivity contribution in [3.63, 3.8) is 0 Å². The van der Waals surface area contributed by atoms with Gasteiger partial charge in [0.2, 0.25) is 5.43 Å². The molecule has 0 N–H and O–H groups in total. The molecule has 8 nitrogen and oxygen atoms in total. The van der Waals surface area contributed by atoms with E-state index in [9.17, 15) is 9.59 Å². The van der Waals surface area contributed by atoms with E-state index in [1.807, 2.05) is 90.8 Å². The molecule has 0 saturated carbocycles. The first-order valence-corrected chi connectivity index (χ1v) is 12.8. The number of para-hydroxylation sites is 1. The third-order valence-corrected chi connectivity index (χ3v) is 6.70. The maximum atomic E-state index is 13.9. The van der Waals surface area contributed by atoms with Crippen molar-refractivity contribution in [1.82, 2.24) is 9.58 Å². The first-order chi connectivity index (χ1) is 19.1. The number of aromatic nitrogens is 1. The molecule has 2 aliphatic rings. The molecule has 0 radical (unpaired) electrons. The van der Waals surface area contributed by atoms with Crippen LogP contribution in [0, 0.1) is 0 Å². The zero-order chi connectivity index (χ0) is 27.2. The second kappa shape index (κ2) is 11.7. The molecule has 1 amide bonds. The minimum absolute atomic E-state index is 0.0218. The van der Waals surface area contributed by atoms with E-state index in [0.717, 1.165) is 22.4 Å². The van der Waals surface area contributed by atoms with Gasteiger partial charge in [0.1, 0.15) is 31.7 Å². The Kier molecular flexibility index (Phi) is 7.73. The number of pyridine rings is 1. The molecule has 0 fully saturated rings. The van der Waals surface area contributed by atoms with Crippen molar-refractivity contribution in [2.75, 3.05) is 24.8 Å². The molecule has 0 spiro atoms. The molecule has 198 valence electrons. The fraction of sp³-hybridized carbons (Fsp3) is 0.194. The van der Waals surface area contributed by atoms with Crippen molar-refractivity contribution in [3.05, 3.63) is 130 Å². The van der Waals surface area contributed by atoms with E-state index in [2.05, 4.69) is 11.7 Å². The smallest absolute Gasteiger partial charge is 0.278 e. The van der Waals surface area contributed by atoms with E-state index in [1.54, 1.807) is 22.0 Å². The van der Waals surface area contributed by atoms with Gasteiger partial charge in [-0.3, -0.25) is 24.3 Å². The van der Waals surface area contributed by atoms with Crippen LogP contribution >= 0.6 is 0 Å². The van der Waals surface area contributed by atoms with Crippen LogP contribution in [0.2, 0.25) is 0 Å². The predicted molar refractivity (Wildman–Crippen MR) is 152 cm³/mol. The molecule has 2 aromatic carbocycles. The van der Waals surface area contributed by atoms with Gasteiger partial charge >= 0.3 is 0 Å². The van der Waals surface area contributed by atoms with Crippen LogP contribution in [0.1, 0.15) is 34.6 Å². The summed E-state index contributed by atoms with van der Waals surface area (Å²) in [5, 5.41) is 2.04. The van der Waals surface area contributed by atoms with Gasteiger partial charge in [-0.2, -0.15) is 0 Å². The molecule has 2 aliphatic heterocycles. The lowest BCUT2D eigenvalue weighted by Crippen LogP contribution is -2.55. The van der Waals surface area contributed by atoms with Crippen molar-refractivity contribution in [1.29, 1.82) is 0 Å². The highest BCUT2D eigenvalue weighted by Gasteiger charge is 2.37. The van der Waals surface area contributed by atoms with Crippen LogP contribution in [0.4, 0.5) is 0 Å². The number of allylic oxidation sites excluding steroid dienone is 1. The molecule has 0 unspecified atom stereocenters. The highest BCUT2D eigenvalue weighted by molar-refractivity contribution is 5.96. The molecule has 1 atom stereocenters. The summed E-state index contributed by atoms with van der Waals surface area (Å²) in [6, 6.07) is 18.4. The molecule has 2 bridgehead atoms. The summed E-state index contributed by atoms with van der Waals surface area (Å²) < 4.78 is 14.0. The number of aliphatic imine (C=N–C) groups is 1. The lowest BCUT2D eigenvalue weighted by atomic mass is 9.96. The number of rotatable bonds is 6. The summed E-state index contributed by atoms with van der Waals surface area (Å²) in [5.41, 5.74) is 2.54. The molecule has 3 aromatic rings. The van der Waals surface area contributed by atoms with Crippen molar-refractivity contribution in [3.8, 4) is 11.5 Å². The van der Waals surface area contributed by atoms with E-state index in [-0.39, 0.29) is 42.1 Å². The minimum atomic E-state index is -0.388. The van der Waals surface area contributed by atoms with Gasteiger partial charge in [-0.05, 0) is 43.0 Å². The summed E-state index contributed by atoms with van der Waals surface area (Å²) >= 11 is 0. The van der Waals surface area contributed by atoms with Crippen molar-refractivity contribution >= 4 is 12.6 Å².